The zero-order valence-electron chi connectivity index (χ0n) is 10.7. The molecular weight excluding hydrogens is 233 g/mol. The number of carbonyl (C=O) groups is 1. The molecule has 0 bridgehead atoms. The molecule has 1 saturated heterocycles. The predicted molar refractivity (Wildman–Crippen MR) is 67.1 cm³/mol. The van der Waals surface area contributed by atoms with Crippen LogP contribution in [0, 0.1) is 18.7 Å². The molecule has 1 aliphatic rings. The van der Waals surface area contributed by atoms with E-state index in [0.717, 1.165) is 18.9 Å². The number of benzene rings is 1. The van der Waals surface area contributed by atoms with Crippen LogP contribution in [0.15, 0.2) is 12.1 Å². The highest BCUT2D eigenvalue weighted by Crippen LogP contribution is 2.24. The van der Waals surface area contributed by atoms with Crippen molar-refractivity contribution < 1.29 is 14.3 Å². The molecule has 1 aromatic carbocycles. The standard InChI is InChI=1S/C14H18FNO2/c1-9-4-3-5-16(8-9)14(18)11-6-10(2)13(17)7-12(11)15/h6-7,9,17H,3-5,8H2,1-2H3. The van der Waals surface area contributed by atoms with E-state index in [9.17, 15) is 14.3 Å². The molecule has 0 radical (unpaired) electrons. The highest BCUT2D eigenvalue weighted by atomic mass is 19.1. The van der Waals surface area contributed by atoms with Crippen LogP contribution in [-0.2, 0) is 0 Å². The van der Waals surface area contributed by atoms with Crippen molar-refractivity contribution in [2.75, 3.05) is 13.1 Å². The van der Waals surface area contributed by atoms with Crippen LogP contribution in [0.3, 0.4) is 0 Å². The Morgan fingerprint density at radius 3 is 2.89 bits per heavy atom. The molecule has 1 aliphatic heterocycles. The molecule has 2 rings (SSSR count). The van der Waals surface area contributed by atoms with Gasteiger partial charge in [0.25, 0.3) is 5.91 Å². The molecular formula is C14H18FNO2. The van der Waals surface area contributed by atoms with E-state index in [1.165, 1.54) is 6.07 Å². The first kappa shape index (κ1) is 12.9. The number of hydrogen-bond donors (Lipinski definition) is 1. The minimum absolute atomic E-state index is 0.0550. The van der Waals surface area contributed by atoms with Crippen LogP contribution in [0.1, 0.15) is 35.7 Å². The number of phenols is 1. The second kappa shape index (κ2) is 4.96. The first-order valence-electron chi connectivity index (χ1n) is 6.27. The molecule has 4 heteroatoms. The normalized spacial score (nSPS) is 19.9. The zero-order valence-corrected chi connectivity index (χ0v) is 10.7. The van der Waals surface area contributed by atoms with Crippen molar-refractivity contribution in [3.8, 4) is 5.75 Å². The second-order valence-electron chi connectivity index (χ2n) is 5.12. The highest BCUT2D eigenvalue weighted by Gasteiger charge is 2.24. The molecule has 1 heterocycles. The monoisotopic (exact) mass is 251 g/mol. The molecule has 1 N–H and O–H groups in total. The van der Waals surface area contributed by atoms with Gasteiger partial charge >= 0.3 is 0 Å². The fourth-order valence-corrected chi connectivity index (χ4v) is 2.38. The molecule has 1 fully saturated rings. The molecule has 1 amide bonds. The van der Waals surface area contributed by atoms with Crippen LogP contribution in [-0.4, -0.2) is 29.0 Å². The van der Waals surface area contributed by atoms with Gasteiger partial charge in [0.2, 0.25) is 0 Å². The number of carbonyl (C=O) groups excluding carboxylic acids is 1. The maximum Gasteiger partial charge on any atom is 0.256 e. The first-order valence-corrected chi connectivity index (χ1v) is 6.27. The Balaban J connectivity index is 2.25. The summed E-state index contributed by atoms with van der Waals surface area (Å²) in [5, 5.41) is 9.39. The SMILES string of the molecule is Cc1cc(C(=O)N2CCCC(C)C2)c(F)cc1O. The quantitative estimate of drug-likeness (QED) is 0.833. The maximum absolute atomic E-state index is 13.7. The van der Waals surface area contributed by atoms with E-state index < -0.39 is 5.82 Å². The van der Waals surface area contributed by atoms with Gasteiger partial charge in [-0.2, -0.15) is 0 Å². The van der Waals surface area contributed by atoms with Gasteiger partial charge < -0.3 is 10.0 Å². The lowest BCUT2D eigenvalue weighted by Crippen LogP contribution is -2.39. The molecule has 98 valence electrons. The van der Waals surface area contributed by atoms with Crippen LogP contribution in [0.5, 0.6) is 5.75 Å². The molecule has 3 nitrogen and oxygen atoms in total. The van der Waals surface area contributed by atoms with Gasteiger partial charge in [0.1, 0.15) is 11.6 Å². The minimum Gasteiger partial charge on any atom is -0.508 e. The Kier molecular flexibility index (Phi) is 3.55. The van der Waals surface area contributed by atoms with Crippen molar-refractivity contribution >= 4 is 5.91 Å². The Labute approximate surface area is 106 Å². The van der Waals surface area contributed by atoms with E-state index in [4.69, 9.17) is 0 Å². The smallest absolute Gasteiger partial charge is 0.256 e. The van der Waals surface area contributed by atoms with Crippen molar-refractivity contribution in [3.05, 3.63) is 29.1 Å². The van der Waals surface area contributed by atoms with Crippen molar-refractivity contribution in [2.45, 2.75) is 26.7 Å². The molecule has 1 atom stereocenters. The van der Waals surface area contributed by atoms with Gasteiger partial charge in [-0.3, -0.25) is 4.79 Å². The van der Waals surface area contributed by atoms with Gasteiger partial charge in [-0.05, 0) is 37.3 Å². The number of phenolic OH excluding ortho intramolecular Hbond substituents is 1. The van der Waals surface area contributed by atoms with Crippen LogP contribution >= 0.6 is 0 Å². The van der Waals surface area contributed by atoms with Crippen molar-refractivity contribution in [1.29, 1.82) is 0 Å². The van der Waals surface area contributed by atoms with Crippen LogP contribution in [0.4, 0.5) is 4.39 Å². The summed E-state index contributed by atoms with van der Waals surface area (Å²) in [6.45, 7) is 5.11. The summed E-state index contributed by atoms with van der Waals surface area (Å²) in [5.74, 6) is -0.580. The van der Waals surface area contributed by atoms with Crippen molar-refractivity contribution in [2.24, 2.45) is 5.92 Å². The number of rotatable bonds is 1. The van der Waals surface area contributed by atoms with Crippen molar-refractivity contribution in [3.63, 3.8) is 0 Å². The van der Waals surface area contributed by atoms with E-state index >= 15 is 0 Å². The lowest BCUT2D eigenvalue weighted by atomic mass is 9.99. The Morgan fingerprint density at radius 1 is 1.50 bits per heavy atom. The van der Waals surface area contributed by atoms with E-state index in [-0.39, 0.29) is 17.2 Å². The van der Waals surface area contributed by atoms with Gasteiger partial charge in [-0.15, -0.1) is 0 Å². The largest absolute Gasteiger partial charge is 0.508 e. The third kappa shape index (κ3) is 2.47. The Bertz CT molecular complexity index is 473. The fraction of sp³-hybridized carbons (Fsp3) is 0.500. The van der Waals surface area contributed by atoms with E-state index in [0.29, 0.717) is 24.6 Å². The third-order valence-electron chi connectivity index (χ3n) is 3.46. The number of piperidine rings is 1. The minimum atomic E-state index is -0.652. The van der Waals surface area contributed by atoms with E-state index in [2.05, 4.69) is 6.92 Å². The fourth-order valence-electron chi connectivity index (χ4n) is 2.38. The zero-order chi connectivity index (χ0) is 13.3. The lowest BCUT2D eigenvalue weighted by molar-refractivity contribution is 0.0678. The molecule has 18 heavy (non-hydrogen) atoms. The molecule has 0 aromatic heterocycles. The van der Waals surface area contributed by atoms with Crippen LogP contribution in [0.25, 0.3) is 0 Å². The summed E-state index contributed by atoms with van der Waals surface area (Å²) < 4.78 is 13.7. The predicted octanol–water partition coefficient (Wildman–Crippen LogP) is 2.71. The number of aryl methyl sites for hydroxylation is 1. The summed E-state index contributed by atoms with van der Waals surface area (Å²) in [7, 11) is 0. The highest BCUT2D eigenvalue weighted by molar-refractivity contribution is 5.95. The molecule has 1 aromatic rings. The second-order valence-corrected chi connectivity index (χ2v) is 5.12. The van der Waals surface area contributed by atoms with Gasteiger partial charge in [0.15, 0.2) is 0 Å². The molecule has 0 aliphatic carbocycles. The number of halogens is 1. The maximum atomic E-state index is 13.7. The summed E-state index contributed by atoms with van der Waals surface area (Å²) >= 11 is 0. The van der Waals surface area contributed by atoms with Gasteiger partial charge in [-0.1, -0.05) is 6.92 Å². The topological polar surface area (TPSA) is 40.5 Å². The van der Waals surface area contributed by atoms with E-state index in [1.54, 1.807) is 11.8 Å². The number of amides is 1. The van der Waals surface area contributed by atoms with Gasteiger partial charge in [0, 0.05) is 19.2 Å². The lowest BCUT2D eigenvalue weighted by Gasteiger charge is -2.31. The Hall–Kier alpha value is -1.58. The molecule has 0 spiro atoms. The summed E-state index contributed by atoms with van der Waals surface area (Å²) in [6, 6.07) is 2.43. The molecule has 1 unspecified atom stereocenters. The summed E-state index contributed by atoms with van der Waals surface area (Å²) in [5.41, 5.74) is 0.573. The summed E-state index contributed by atoms with van der Waals surface area (Å²) in [6.07, 6.45) is 2.08. The van der Waals surface area contributed by atoms with Crippen LogP contribution in [0.2, 0.25) is 0 Å². The van der Waals surface area contributed by atoms with E-state index in [1.807, 2.05) is 0 Å². The number of hydrogen-bond acceptors (Lipinski definition) is 2. The van der Waals surface area contributed by atoms with Gasteiger partial charge in [0.05, 0.1) is 5.56 Å². The number of nitrogens with zero attached hydrogens (tertiary/aromatic N) is 1. The first-order chi connectivity index (χ1) is 8.49. The van der Waals surface area contributed by atoms with Crippen molar-refractivity contribution in [1.82, 2.24) is 4.90 Å². The number of aromatic hydroxyl groups is 1. The van der Waals surface area contributed by atoms with Crippen LogP contribution < -0.4 is 0 Å². The average molecular weight is 251 g/mol. The summed E-state index contributed by atoms with van der Waals surface area (Å²) in [4.78, 5) is 13.9. The average Bonchev–Trinajstić information content (AvgIpc) is 2.33. The molecule has 0 saturated carbocycles. The van der Waals surface area contributed by atoms with Gasteiger partial charge in [-0.25, -0.2) is 4.39 Å². The Morgan fingerprint density at radius 2 is 2.22 bits per heavy atom. The third-order valence-corrected chi connectivity index (χ3v) is 3.46. The number of likely N-dealkylation sites (tertiary alicyclic amines) is 1.